The molecule has 5 nitrogen and oxygen atoms in total. The summed E-state index contributed by atoms with van der Waals surface area (Å²) in [4.78, 5) is 11.5. The van der Waals surface area contributed by atoms with Crippen molar-refractivity contribution in [1.82, 2.24) is 9.97 Å². The molecule has 0 aliphatic carbocycles. The van der Waals surface area contributed by atoms with Crippen molar-refractivity contribution in [3.05, 3.63) is 65.9 Å². The van der Waals surface area contributed by atoms with E-state index < -0.39 is 0 Å². The predicted molar refractivity (Wildman–Crippen MR) is 107 cm³/mol. The largest absolute Gasteiger partial charge is 0.497 e. The number of benzene rings is 2. The second-order valence-corrected chi connectivity index (χ2v) is 6.13. The zero-order valence-electron chi connectivity index (χ0n) is 15.7. The number of methoxy groups -OCH3 is 1. The molecule has 0 spiro atoms. The fourth-order valence-electron chi connectivity index (χ4n) is 2.80. The van der Waals surface area contributed by atoms with Crippen LogP contribution in [0.25, 0.3) is 0 Å². The van der Waals surface area contributed by atoms with E-state index in [-0.39, 0.29) is 0 Å². The number of nitrogens with one attached hydrogen (secondary N) is 1. The highest BCUT2D eigenvalue weighted by molar-refractivity contribution is 5.62. The zero-order valence-corrected chi connectivity index (χ0v) is 15.7. The van der Waals surface area contributed by atoms with E-state index in [1.54, 1.807) is 7.11 Å². The summed E-state index contributed by atoms with van der Waals surface area (Å²) < 4.78 is 5.20. The first-order valence-electron chi connectivity index (χ1n) is 8.70. The van der Waals surface area contributed by atoms with Crippen LogP contribution in [0.5, 0.6) is 5.75 Å². The van der Waals surface area contributed by atoms with Crippen molar-refractivity contribution in [2.75, 3.05) is 23.9 Å². The minimum absolute atomic E-state index is 0.689. The first kappa shape index (κ1) is 17.7. The number of anilines is 4. The van der Waals surface area contributed by atoms with Gasteiger partial charge in [-0.15, -0.1) is 0 Å². The topological polar surface area (TPSA) is 50.3 Å². The smallest absolute Gasteiger partial charge is 0.232 e. The van der Waals surface area contributed by atoms with E-state index in [2.05, 4.69) is 53.3 Å². The average molecular weight is 348 g/mol. The Kier molecular flexibility index (Phi) is 5.37. The van der Waals surface area contributed by atoms with Gasteiger partial charge in [0.1, 0.15) is 11.6 Å². The third-order valence-electron chi connectivity index (χ3n) is 4.08. The summed E-state index contributed by atoms with van der Waals surface area (Å²) in [6.07, 6.45) is 0. The Morgan fingerprint density at radius 2 is 1.77 bits per heavy atom. The van der Waals surface area contributed by atoms with Gasteiger partial charge in [0.15, 0.2) is 0 Å². The Labute approximate surface area is 154 Å². The number of rotatable bonds is 6. The van der Waals surface area contributed by atoms with Gasteiger partial charge in [0.05, 0.1) is 7.11 Å². The molecule has 1 aromatic heterocycles. The lowest BCUT2D eigenvalue weighted by atomic mass is 10.2. The van der Waals surface area contributed by atoms with Crippen molar-refractivity contribution in [3.8, 4) is 5.75 Å². The van der Waals surface area contributed by atoms with Gasteiger partial charge < -0.3 is 15.0 Å². The molecule has 134 valence electrons. The molecule has 0 unspecified atom stereocenters. The molecule has 5 heteroatoms. The third-order valence-corrected chi connectivity index (χ3v) is 4.08. The number of aryl methyl sites for hydroxylation is 2. The van der Waals surface area contributed by atoms with Gasteiger partial charge in [-0.05, 0) is 62.7 Å². The summed E-state index contributed by atoms with van der Waals surface area (Å²) in [5.41, 5.74) is 4.17. The van der Waals surface area contributed by atoms with Crippen molar-refractivity contribution >= 4 is 23.1 Å². The molecule has 0 saturated carbocycles. The summed E-state index contributed by atoms with van der Waals surface area (Å²) in [6.45, 7) is 6.96. The van der Waals surface area contributed by atoms with Gasteiger partial charge >= 0.3 is 0 Å². The van der Waals surface area contributed by atoms with Crippen LogP contribution in [0.15, 0.2) is 54.6 Å². The van der Waals surface area contributed by atoms with E-state index in [1.807, 2.05) is 37.3 Å². The van der Waals surface area contributed by atoms with E-state index in [0.717, 1.165) is 35.2 Å². The first-order valence-corrected chi connectivity index (χ1v) is 8.70. The molecule has 0 fully saturated rings. The van der Waals surface area contributed by atoms with Gasteiger partial charge in [0.2, 0.25) is 5.95 Å². The number of hydrogen-bond donors (Lipinski definition) is 1. The van der Waals surface area contributed by atoms with Gasteiger partial charge in [0, 0.05) is 29.7 Å². The molecule has 3 rings (SSSR count). The lowest BCUT2D eigenvalue weighted by molar-refractivity contribution is 0.415. The zero-order chi connectivity index (χ0) is 18.5. The molecule has 1 N–H and O–H groups in total. The summed E-state index contributed by atoms with van der Waals surface area (Å²) in [7, 11) is 1.66. The Morgan fingerprint density at radius 1 is 1.00 bits per heavy atom. The van der Waals surface area contributed by atoms with Crippen LogP contribution in [0.3, 0.4) is 0 Å². The molecule has 2 aromatic carbocycles. The van der Waals surface area contributed by atoms with Gasteiger partial charge in [-0.3, -0.25) is 0 Å². The monoisotopic (exact) mass is 348 g/mol. The van der Waals surface area contributed by atoms with Gasteiger partial charge in [-0.1, -0.05) is 12.1 Å². The maximum absolute atomic E-state index is 5.20. The lowest BCUT2D eigenvalue weighted by Crippen LogP contribution is -2.19. The first-order chi connectivity index (χ1) is 12.6. The Morgan fingerprint density at radius 3 is 2.42 bits per heavy atom. The molecule has 0 aliphatic heterocycles. The van der Waals surface area contributed by atoms with Gasteiger partial charge in [-0.2, -0.15) is 4.98 Å². The normalized spacial score (nSPS) is 10.5. The van der Waals surface area contributed by atoms with Crippen LogP contribution in [-0.2, 0) is 0 Å². The fourth-order valence-corrected chi connectivity index (χ4v) is 2.80. The third kappa shape index (κ3) is 4.11. The molecule has 3 aromatic rings. The quantitative estimate of drug-likeness (QED) is 0.679. The van der Waals surface area contributed by atoms with Crippen molar-refractivity contribution in [3.63, 3.8) is 0 Å². The van der Waals surface area contributed by atoms with E-state index in [0.29, 0.717) is 5.95 Å². The predicted octanol–water partition coefficient (Wildman–Crippen LogP) is 5.00. The van der Waals surface area contributed by atoms with E-state index in [9.17, 15) is 0 Å². The van der Waals surface area contributed by atoms with Crippen molar-refractivity contribution in [2.24, 2.45) is 0 Å². The molecule has 0 aliphatic rings. The van der Waals surface area contributed by atoms with Crippen LogP contribution >= 0.6 is 0 Å². The highest BCUT2D eigenvalue weighted by Gasteiger charge is 2.12. The van der Waals surface area contributed by atoms with Crippen LogP contribution in [-0.4, -0.2) is 23.6 Å². The standard InChI is InChI=1S/C21H24N4O/c1-5-25(18-8-6-7-15(2)13-18)21-22-16(3)14-20(24-21)23-17-9-11-19(26-4)12-10-17/h6-14H,5H2,1-4H3,(H,22,23,24). The molecule has 0 atom stereocenters. The minimum Gasteiger partial charge on any atom is -0.497 e. The molecule has 0 saturated heterocycles. The molecule has 0 bridgehead atoms. The van der Waals surface area contributed by atoms with Crippen molar-refractivity contribution < 1.29 is 4.74 Å². The Bertz CT molecular complexity index is 877. The van der Waals surface area contributed by atoms with Crippen molar-refractivity contribution in [1.29, 1.82) is 0 Å². The molecule has 0 radical (unpaired) electrons. The molecular formula is C21H24N4O. The number of hydrogen-bond acceptors (Lipinski definition) is 5. The second-order valence-electron chi connectivity index (χ2n) is 6.13. The highest BCUT2D eigenvalue weighted by Crippen LogP contribution is 2.26. The second kappa shape index (κ2) is 7.87. The van der Waals surface area contributed by atoms with Crippen LogP contribution < -0.4 is 15.0 Å². The Balaban J connectivity index is 1.90. The summed E-state index contributed by atoms with van der Waals surface area (Å²) in [5, 5.41) is 3.34. The SMILES string of the molecule is CCN(c1cccc(C)c1)c1nc(C)cc(Nc2ccc(OC)cc2)n1. The Hall–Kier alpha value is -3.08. The molecular weight excluding hydrogens is 324 g/mol. The number of ether oxygens (including phenoxy) is 1. The maximum atomic E-state index is 5.20. The molecule has 1 heterocycles. The molecule has 0 amide bonds. The summed E-state index contributed by atoms with van der Waals surface area (Å²) in [6, 6.07) is 18.1. The van der Waals surface area contributed by atoms with Gasteiger partial charge in [0.25, 0.3) is 0 Å². The van der Waals surface area contributed by atoms with E-state index >= 15 is 0 Å². The fraction of sp³-hybridized carbons (Fsp3) is 0.238. The van der Waals surface area contributed by atoms with E-state index in [4.69, 9.17) is 9.72 Å². The van der Waals surface area contributed by atoms with Crippen LogP contribution in [0, 0.1) is 13.8 Å². The highest BCUT2D eigenvalue weighted by atomic mass is 16.5. The minimum atomic E-state index is 0.689. The average Bonchev–Trinajstić information content (AvgIpc) is 2.63. The maximum Gasteiger partial charge on any atom is 0.232 e. The van der Waals surface area contributed by atoms with Crippen LogP contribution in [0.1, 0.15) is 18.2 Å². The van der Waals surface area contributed by atoms with E-state index in [1.165, 1.54) is 5.56 Å². The number of aromatic nitrogens is 2. The summed E-state index contributed by atoms with van der Waals surface area (Å²) in [5.74, 6) is 2.28. The van der Waals surface area contributed by atoms with Gasteiger partial charge in [-0.25, -0.2) is 4.98 Å². The summed E-state index contributed by atoms with van der Waals surface area (Å²) >= 11 is 0. The van der Waals surface area contributed by atoms with Crippen LogP contribution in [0.2, 0.25) is 0 Å². The number of nitrogens with zero attached hydrogens (tertiary/aromatic N) is 3. The lowest BCUT2D eigenvalue weighted by Gasteiger charge is -2.22. The van der Waals surface area contributed by atoms with Crippen LogP contribution in [0.4, 0.5) is 23.1 Å². The molecule has 26 heavy (non-hydrogen) atoms. The van der Waals surface area contributed by atoms with Crippen molar-refractivity contribution in [2.45, 2.75) is 20.8 Å².